The summed E-state index contributed by atoms with van der Waals surface area (Å²) >= 11 is 6.30. The van der Waals surface area contributed by atoms with Gasteiger partial charge in [0.05, 0.1) is 17.8 Å². The Morgan fingerprint density at radius 3 is 2.65 bits per heavy atom. The zero-order valence-electron chi connectivity index (χ0n) is 14.3. The monoisotopic (exact) mass is 368 g/mol. The van der Waals surface area contributed by atoms with E-state index >= 15 is 0 Å². The van der Waals surface area contributed by atoms with E-state index in [1.165, 1.54) is 0 Å². The molecule has 0 bridgehead atoms. The number of nitrogens with zero attached hydrogens (tertiary/aromatic N) is 2. The molecule has 0 atom stereocenters. The molecule has 3 rings (SSSR count). The molecule has 0 spiro atoms. The van der Waals surface area contributed by atoms with Crippen LogP contribution in [0.5, 0.6) is 5.75 Å². The van der Waals surface area contributed by atoms with Gasteiger partial charge in [-0.15, -0.1) is 0 Å². The van der Waals surface area contributed by atoms with Gasteiger partial charge in [-0.1, -0.05) is 29.8 Å². The number of aliphatic imine (C=N–C) groups is 1. The molecule has 0 saturated heterocycles. The van der Waals surface area contributed by atoms with E-state index in [4.69, 9.17) is 27.8 Å². The topological polar surface area (TPSA) is 104 Å². The molecule has 26 heavy (non-hydrogen) atoms. The minimum atomic E-state index is -0.533. The fourth-order valence-electron chi connectivity index (χ4n) is 2.84. The molecule has 0 aliphatic heterocycles. The number of aryl methyl sites for hydroxylation is 1. The Kier molecular flexibility index (Phi) is 4.77. The number of ether oxygens (including phenoxy) is 1. The largest absolute Gasteiger partial charge is 0.496 e. The van der Waals surface area contributed by atoms with Crippen molar-refractivity contribution in [1.82, 2.24) is 4.98 Å². The Labute approximate surface area is 155 Å². The second-order valence-electron chi connectivity index (χ2n) is 5.71. The number of aromatic nitrogens is 1. The van der Waals surface area contributed by atoms with Crippen molar-refractivity contribution in [3.63, 3.8) is 0 Å². The Bertz CT molecular complexity index is 1040. The van der Waals surface area contributed by atoms with Gasteiger partial charge in [-0.05, 0) is 30.7 Å². The number of pyridine rings is 1. The van der Waals surface area contributed by atoms with E-state index in [-0.39, 0.29) is 5.96 Å². The van der Waals surface area contributed by atoms with Crippen molar-refractivity contribution in [1.29, 1.82) is 0 Å². The van der Waals surface area contributed by atoms with Gasteiger partial charge in [-0.25, -0.2) is 0 Å². The van der Waals surface area contributed by atoms with Crippen LogP contribution in [0.2, 0.25) is 5.02 Å². The first-order valence-corrected chi connectivity index (χ1v) is 8.16. The van der Waals surface area contributed by atoms with E-state index in [0.717, 1.165) is 16.5 Å². The summed E-state index contributed by atoms with van der Waals surface area (Å²) in [6.07, 6.45) is 1.59. The number of hydrogen-bond acceptors (Lipinski definition) is 3. The third kappa shape index (κ3) is 3.19. The maximum atomic E-state index is 12.2. The number of amides is 1. The van der Waals surface area contributed by atoms with Gasteiger partial charge < -0.3 is 16.2 Å². The first-order chi connectivity index (χ1) is 12.4. The van der Waals surface area contributed by atoms with Crippen LogP contribution in [0.25, 0.3) is 22.0 Å². The number of carbonyl (C=O) groups is 1. The average Bonchev–Trinajstić information content (AvgIpc) is 2.61. The van der Waals surface area contributed by atoms with Crippen molar-refractivity contribution in [2.24, 2.45) is 16.5 Å². The van der Waals surface area contributed by atoms with Gasteiger partial charge in [-0.3, -0.25) is 9.78 Å². The predicted molar refractivity (Wildman–Crippen MR) is 104 cm³/mol. The highest BCUT2D eigenvalue weighted by Crippen LogP contribution is 2.38. The summed E-state index contributed by atoms with van der Waals surface area (Å²) < 4.78 is 5.50. The summed E-state index contributed by atoms with van der Waals surface area (Å²) in [7, 11) is 1.60. The Hall–Kier alpha value is -3.12. The van der Waals surface area contributed by atoms with Crippen molar-refractivity contribution >= 4 is 34.2 Å². The van der Waals surface area contributed by atoms with E-state index < -0.39 is 5.91 Å². The third-order valence-electron chi connectivity index (χ3n) is 4.01. The van der Waals surface area contributed by atoms with E-state index in [1.807, 2.05) is 25.1 Å². The number of guanidine groups is 1. The number of benzene rings is 2. The lowest BCUT2D eigenvalue weighted by Gasteiger charge is -2.14. The molecular formula is C19H17ClN4O2. The molecule has 0 aliphatic rings. The molecule has 1 heterocycles. The molecule has 1 aromatic heterocycles. The van der Waals surface area contributed by atoms with E-state index in [0.29, 0.717) is 27.4 Å². The van der Waals surface area contributed by atoms with Crippen LogP contribution >= 0.6 is 11.6 Å². The smallest absolute Gasteiger partial charge is 0.280 e. The third-order valence-corrected chi connectivity index (χ3v) is 4.31. The number of fused-ring (bicyclic) bond motifs is 1. The molecule has 7 heteroatoms. The lowest BCUT2D eigenvalue weighted by Crippen LogP contribution is -2.24. The summed E-state index contributed by atoms with van der Waals surface area (Å²) in [6, 6.07) is 10.8. The number of nitrogens with two attached hydrogens (primary N) is 2. The molecule has 1 amide bonds. The van der Waals surface area contributed by atoms with Crippen LogP contribution in [0, 0.1) is 6.92 Å². The van der Waals surface area contributed by atoms with Gasteiger partial charge >= 0.3 is 0 Å². The quantitative estimate of drug-likeness (QED) is 0.545. The van der Waals surface area contributed by atoms with Crippen molar-refractivity contribution in [3.8, 4) is 17.0 Å². The number of carbonyl (C=O) groups excluding carboxylic acids is 1. The summed E-state index contributed by atoms with van der Waals surface area (Å²) in [4.78, 5) is 20.3. The van der Waals surface area contributed by atoms with Gasteiger partial charge in [0.2, 0.25) is 0 Å². The Morgan fingerprint density at radius 1 is 1.19 bits per heavy atom. The van der Waals surface area contributed by atoms with Crippen LogP contribution in [0.1, 0.15) is 15.9 Å². The maximum Gasteiger partial charge on any atom is 0.280 e. The minimum absolute atomic E-state index is 0.292. The normalized spacial score (nSPS) is 10.6. The Balaban J connectivity index is 2.32. The van der Waals surface area contributed by atoms with Gasteiger partial charge in [-0.2, -0.15) is 4.99 Å². The van der Waals surface area contributed by atoms with Crippen molar-refractivity contribution in [2.75, 3.05) is 7.11 Å². The van der Waals surface area contributed by atoms with Gasteiger partial charge in [0, 0.05) is 28.1 Å². The van der Waals surface area contributed by atoms with Gasteiger partial charge in [0.1, 0.15) is 5.75 Å². The first-order valence-electron chi connectivity index (χ1n) is 7.78. The van der Waals surface area contributed by atoms with Crippen molar-refractivity contribution in [2.45, 2.75) is 6.92 Å². The highest BCUT2D eigenvalue weighted by Gasteiger charge is 2.17. The first kappa shape index (κ1) is 17.7. The molecule has 0 fully saturated rings. The number of halogens is 1. The second-order valence-corrected chi connectivity index (χ2v) is 6.12. The predicted octanol–water partition coefficient (Wildman–Crippen LogP) is 3.29. The van der Waals surface area contributed by atoms with Crippen LogP contribution < -0.4 is 16.2 Å². The maximum absolute atomic E-state index is 12.2. The summed E-state index contributed by atoms with van der Waals surface area (Å²) in [5.41, 5.74) is 13.4. The summed E-state index contributed by atoms with van der Waals surface area (Å²) in [5, 5.41) is 1.96. The summed E-state index contributed by atoms with van der Waals surface area (Å²) in [6.45, 7) is 1.97. The zero-order chi connectivity index (χ0) is 18.8. The van der Waals surface area contributed by atoms with E-state index in [2.05, 4.69) is 9.98 Å². The van der Waals surface area contributed by atoms with Gasteiger partial charge in [0.25, 0.3) is 5.91 Å². The second kappa shape index (κ2) is 7.01. The molecule has 0 saturated carbocycles. The molecule has 0 aliphatic carbocycles. The molecular weight excluding hydrogens is 352 g/mol. The van der Waals surface area contributed by atoms with Crippen LogP contribution in [-0.4, -0.2) is 24.0 Å². The highest BCUT2D eigenvalue weighted by molar-refractivity contribution is 6.36. The molecule has 0 unspecified atom stereocenters. The molecule has 0 radical (unpaired) electrons. The lowest BCUT2D eigenvalue weighted by atomic mass is 9.97. The minimum Gasteiger partial charge on any atom is -0.496 e. The van der Waals surface area contributed by atoms with Crippen LogP contribution in [0.3, 0.4) is 0 Å². The number of methoxy groups -OCH3 is 1. The van der Waals surface area contributed by atoms with Crippen molar-refractivity contribution < 1.29 is 9.53 Å². The summed E-state index contributed by atoms with van der Waals surface area (Å²) in [5.74, 6) is -0.142. The molecule has 4 N–H and O–H groups in total. The molecule has 132 valence electrons. The van der Waals surface area contributed by atoms with Gasteiger partial charge in [0.15, 0.2) is 5.96 Å². The van der Waals surface area contributed by atoms with Crippen LogP contribution in [-0.2, 0) is 0 Å². The standard InChI is InChI=1S/C19H17ClN4O2/c1-10-4-3-5-15(26-2)16(10)17-13-8-11(18(25)24-19(21)22)6-7-12(13)14(20)9-23-17/h3-9H,1-2H3,(H4,21,22,24,25). The fourth-order valence-corrected chi connectivity index (χ4v) is 3.05. The van der Waals surface area contributed by atoms with Crippen LogP contribution in [0.4, 0.5) is 0 Å². The number of rotatable bonds is 3. The average molecular weight is 369 g/mol. The number of hydrogen-bond donors (Lipinski definition) is 2. The highest BCUT2D eigenvalue weighted by atomic mass is 35.5. The SMILES string of the molecule is COc1cccc(C)c1-c1ncc(Cl)c2ccc(C(=O)N=C(N)N)cc12. The van der Waals surface area contributed by atoms with Crippen LogP contribution in [0.15, 0.2) is 47.6 Å². The van der Waals surface area contributed by atoms with E-state index in [1.54, 1.807) is 31.5 Å². The van der Waals surface area contributed by atoms with Crippen molar-refractivity contribution in [3.05, 3.63) is 58.7 Å². The zero-order valence-corrected chi connectivity index (χ0v) is 15.0. The molecule has 6 nitrogen and oxygen atoms in total. The molecule has 2 aromatic carbocycles. The fraction of sp³-hybridized carbons (Fsp3) is 0.105. The Morgan fingerprint density at radius 2 is 1.96 bits per heavy atom. The van der Waals surface area contributed by atoms with E-state index in [9.17, 15) is 4.79 Å². The molecule has 3 aromatic rings. The lowest BCUT2D eigenvalue weighted by molar-refractivity contribution is 0.100.